The molecule has 0 aliphatic heterocycles. The Hall–Kier alpha value is -1.41. The minimum absolute atomic E-state index is 0.177. The molecule has 2 N–H and O–H groups in total. The smallest absolute Gasteiger partial charge is 0.271 e. The standard InChI is InChI=1S/C14H9BrIN2O2/c15-9-3-1-8(2-4-9)14(20)18-12-7-10(16)5-6-11(12)13(17)19/h1-7,17H,(H,18,20). The Bertz CT molecular complexity index is 671. The lowest BCUT2D eigenvalue weighted by Gasteiger charge is -2.09. The van der Waals surface area contributed by atoms with Gasteiger partial charge < -0.3 is 5.32 Å². The molecule has 0 unspecified atom stereocenters. The number of hydrogen-bond donors (Lipinski definition) is 1. The third-order valence-electron chi connectivity index (χ3n) is 2.58. The van der Waals surface area contributed by atoms with Gasteiger partial charge >= 0.3 is 0 Å². The third kappa shape index (κ3) is 3.57. The molecule has 2 rings (SSSR count). The average molecular weight is 444 g/mol. The molecular formula is C14H9BrIN2O2. The van der Waals surface area contributed by atoms with Crippen LogP contribution in [-0.2, 0) is 0 Å². The first-order valence-corrected chi connectivity index (χ1v) is 7.47. The predicted molar refractivity (Wildman–Crippen MR) is 88.7 cm³/mol. The van der Waals surface area contributed by atoms with Gasteiger partial charge in [0.1, 0.15) is 0 Å². The van der Waals surface area contributed by atoms with Crippen LogP contribution in [0.5, 0.6) is 0 Å². The average Bonchev–Trinajstić information content (AvgIpc) is 2.39. The van der Waals surface area contributed by atoms with Gasteiger partial charge in [0.05, 0.1) is 11.3 Å². The molecule has 0 bridgehead atoms. The van der Waals surface area contributed by atoms with Gasteiger partial charge in [0.2, 0.25) is 0 Å². The van der Waals surface area contributed by atoms with Crippen molar-refractivity contribution in [3.05, 3.63) is 61.6 Å². The topological polar surface area (TPSA) is 70.0 Å². The molecule has 20 heavy (non-hydrogen) atoms. The van der Waals surface area contributed by atoms with E-state index in [1.165, 1.54) is 6.07 Å². The fourth-order valence-corrected chi connectivity index (χ4v) is 2.37. The summed E-state index contributed by atoms with van der Waals surface area (Å²) in [5.41, 5.74) is 8.22. The zero-order valence-electron chi connectivity index (χ0n) is 10.1. The molecule has 0 atom stereocenters. The van der Waals surface area contributed by atoms with Crippen LogP contribution in [0.1, 0.15) is 20.7 Å². The van der Waals surface area contributed by atoms with Crippen molar-refractivity contribution in [2.75, 3.05) is 5.32 Å². The molecule has 0 aromatic heterocycles. The van der Waals surface area contributed by atoms with E-state index >= 15 is 0 Å². The van der Waals surface area contributed by atoms with E-state index < -0.39 is 5.91 Å². The molecule has 4 nitrogen and oxygen atoms in total. The molecule has 0 aliphatic carbocycles. The zero-order valence-corrected chi connectivity index (χ0v) is 13.9. The van der Waals surface area contributed by atoms with Crippen molar-refractivity contribution >= 4 is 56.0 Å². The number of amides is 2. The lowest BCUT2D eigenvalue weighted by molar-refractivity contribution is 0.0993. The largest absolute Gasteiger partial charge is 0.321 e. The fraction of sp³-hybridized carbons (Fsp3) is 0. The van der Waals surface area contributed by atoms with E-state index in [1.54, 1.807) is 36.4 Å². The van der Waals surface area contributed by atoms with Gasteiger partial charge in [0.25, 0.3) is 11.8 Å². The highest BCUT2D eigenvalue weighted by atomic mass is 127. The van der Waals surface area contributed by atoms with E-state index in [9.17, 15) is 9.59 Å². The summed E-state index contributed by atoms with van der Waals surface area (Å²) in [6.45, 7) is 0. The highest BCUT2D eigenvalue weighted by Gasteiger charge is 2.13. The highest BCUT2D eigenvalue weighted by molar-refractivity contribution is 14.1. The van der Waals surface area contributed by atoms with Crippen LogP contribution in [0, 0.1) is 3.57 Å². The van der Waals surface area contributed by atoms with Gasteiger partial charge in [-0.2, -0.15) is 0 Å². The lowest BCUT2D eigenvalue weighted by atomic mass is 10.1. The predicted octanol–water partition coefficient (Wildman–Crippen LogP) is 3.73. The van der Waals surface area contributed by atoms with Crippen molar-refractivity contribution in [2.45, 2.75) is 0 Å². The van der Waals surface area contributed by atoms with E-state index in [2.05, 4.69) is 43.8 Å². The minimum Gasteiger partial charge on any atom is -0.321 e. The quantitative estimate of drug-likeness (QED) is 0.734. The molecule has 0 aliphatic rings. The van der Waals surface area contributed by atoms with Crippen molar-refractivity contribution in [2.24, 2.45) is 0 Å². The Balaban J connectivity index is 2.29. The second kappa shape index (κ2) is 6.36. The molecule has 2 aromatic carbocycles. The summed E-state index contributed by atoms with van der Waals surface area (Å²) in [7, 11) is 0. The van der Waals surface area contributed by atoms with Crippen molar-refractivity contribution in [3.8, 4) is 0 Å². The Morgan fingerprint density at radius 2 is 1.75 bits per heavy atom. The molecule has 0 fully saturated rings. The van der Waals surface area contributed by atoms with E-state index in [0.29, 0.717) is 11.3 Å². The summed E-state index contributed by atoms with van der Waals surface area (Å²) < 4.78 is 1.75. The molecule has 0 saturated carbocycles. The van der Waals surface area contributed by atoms with Crippen LogP contribution in [0.25, 0.3) is 0 Å². The lowest BCUT2D eigenvalue weighted by Crippen LogP contribution is -2.15. The Labute approximate surface area is 138 Å². The number of nitrogens with one attached hydrogen (secondary N) is 2. The second-order valence-corrected chi connectivity index (χ2v) is 6.14. The molecule has 0 heterocycles. The maximum absolute atomic E-state index is 12.1. The molecule has 2 amide bonds. The number of carbonyl (C=O) groups is 2. The van der Waals surface area contributed by atoms with Crippen LogP contribution in [0.15, 0.2) is 46.9 Å². The molecule has 0 spiro atoms. The second-order valence-electron chi connectivity index (χ2n) is 3.98. The fourth-order valence-electron chi connectivity index (χ4n) is 1.61. The van der Waals surface area contributed by atoms with Gasteiger partial charge in [0, 0.05) is 13.6 Å². The summed E-state index contributed by atoms with van der Waals surface area (Å²) in [6, 6.07) is 11.8. The van der Waals surface area contributed by atoms with E-state index in [4.69, 9.17) is 5.73 Å². The van der Waals surface area contributed by atoms with Crippen LogP contribution in [0.3, 0.4) is 0 Å². The summed E-state index contributed by atoms with van der Waals surface area (Å²) >= 11 is 5.38. The number of rotatable bonds is 3. The summed E-state index contributed by atoms with van der Waals surface area (Å²) in [5.74, 6) is -1.14. The van der Waals surface area contributed by atoms with Crippen molar-refractivity contribution in [1.29, 1.82) is 0 Å². The van der Waals surface area contributed by atoms with Crippen molar-refractivity contribution < 1.29 is 9.59 Å². The highest BCUT2D eigenvalue weighted by Crippen LogP contribution is 2.20. The van der Waals surface area contributed by atoms with Crippen LogP contribution >= 0.6 is 38.5 Å². The normalized spacial score (nSPS) is 10.1. The molecule has 101 valence electrons. The maximum atomic E-state index is 12.1. The number of hydrogen-bond acceptors (Lipinski definition) is 2. The molecular weight excluding hydrogens is 435 g/mol. The van der Waals surface area contributed by atoms with Crippen LogP contribution in [0.4, 0.5) is 5.69 Å². The van der Waals surface area contributed by atoms with Crippen molar-refractivity contribution in [3.63, 3.8) is 0 Å². The van der Waals surface area contributed by atoms with Gasteiger partial charge in [0.15, 0.2) is 0 Å². The first-order chi connectivity index (χ1) is 9.47. The summed E-state index contributed by atoms with van der Waals surface area (Å²) in [5, 5.41) is 2.67. The Kier molecular flexibility index (Phi) is 4.77. The number of anilines is 1. The first kappa shape index (κ1) is 15.0. The summed E-state index contributed by atoms with van der Waals surface area (Å²) in [4.78, 5) is 23.4. The first-order valence-electron chi connectivity index (χ1n) is 5.60. The van der Waals surface area contributed by atoms with Crippen LogP contribution in [-0.4, -0.2) is 11.8 Å². The van der Waals surface area contributed by atoms with Crippen LogP contribution in [0.2, 0.25) is 0 Å². The SMILES string of the molecule is [NH]C(=O)c1ccc(I)cc1NC(=O)c1ccc(Br)cc1. The molecule has 2 aromatic rings. The summed E-state index contributed by atoms with van der Waals surface area (Å²) in [6.07, 6.45) is 0. The van der Waals surface area contributed by atoms with Gasteiger partial charge in [-0.15, -0.1) is 0 Å². The minimum atomic E-state index is -0.826. The zero-order chi connectivity index (χ0) is 14.7. The molecule has 1 radical (unpaired) electrons. The third-order valence-corrected chi connectivity index (χ3v) is 3.78. The van der Waals surface area contributed by atoms with E-state index in [0.717, 1.165) is 8.04 Å². The Morgan fingerprint density at radius 3 is 2.35 bits per heavy atom. The number of benzene rings is 2. The van der Waals surface area contributed by atoms with Crippen molar-refractivity contribution in [1.82, 2.24) is 5.73 Å². The monoisotopic (exact) mass is 443 g/mol. The maximum Gasteiger partial charge on any atom is 0.271 e. The Morgan fingerprint density at radius 1 is 1.10 bits per heavy atom. The van der Waals surface area contributed by atoms with Gasteiger partial charge in [-0.1, -0.05) is 15.9 Å². The van der Waals surface area contributed by atoms with Crippen LogP contribution < -0.4 is 11.1 Å². The number of halogens is 2. The van der Waals surface area contributed by atoms with E-state index in [1.807, 2.05) is 0 Å². The van der Waals surface area contributed by atoms with Gasteiger partial charge in [-0.05, 0) is 65.1 Å². The number of carbonyl (C=O) groups excluding carboxylic acids is 2. The molecule has 0 saturated heterocycles. The van der Waals surface area contributed by atoms with Gasteiger partial charge in [-0.25, -0.2) is 0 Å². The molecule has 6 heteroatoms. The van der Waals surface area contributed by atoms with Gasteiger partial charge in [-0.3, -0.25) is 15.3 Å². The van der Waals surface area contributed by atoms with E-state index in [-0.39, 0.29) is 11.5 Å².